The summed E-state index contributed by atoms with van der Waals surface area (Å²) in [6.45, 7) is 15.4. The highest BCUT2D eigenvalue weighted by Crippen LogP contribution is 2.61. The van der Waals surface area contributed by atoms with Crippen LogP contribution in [0.4, 0.5) is 0 Å². The van der Waals surface area contributed by atoms with E-state index < -0.39 is 5.60 Å². The summed E-state index contributed by atoms with van der Waals surface area (Å²) in [5.74, 6) is 1.49. The third-order valence-corrected chi connectivity index (χ3v) is 7.20. The number of hydrogen-bond donors (Lipinski definition) is 1. The van der Waals surface area contributed by atoms with Gasteiger partial charge in [-0.05, 0) is 75.0 Å². The highest BCUT2D eigenvalue weighted by atomic mass is 16.3. The summed E-state index contributed by atoms with van der Waals surface area (Å²) in [6, 6.07) is 0. The molecule has 1 heteroatoms. The summed E-state index contributed by atoms with van der Waals surface area (Å²) in [6.07, 6.45) is 11.3. The zero-order valence-electron chi connectivity index (χ0n) is 14.7. The van der Waals surface area contributed by atoms with Gasteiger partial charge in [0.05, 0.1) is 5.60 Å². The zero-order chi connectivity index (χ0) is 15.9. The third kappa shape index (κ3) is 2.86. The molecule has 1 saturated carbocycles. The van der Waals surface area contributed by atoms with Gasteiger partial charge in [0.15, 0.2) is 0 Å². The Morgan fingerprint density at radius 2 is 2.10 bits per heavy atom. The molecule has 5 atom stereocenters. The monoisotopic (exact) mass is 290 g/mol. The van der Waals surface area contributed by atoms with Crippen molar-refractivity contribution >= 4 is 0 Å². The molecule has 2 rings (SSSR count). The molecule has 0 spiro atoms. The first-order valence-electron chi connectivity index (χ1n) is 8.69. The zero-order valence-corrected chi connectivity index (χ0v) is 14.7. The molecule has 1 nitrogen and oxygen atoms in total. The molecule has 0 aromatic rings. The molecule has 1 fully saturated rings. The molecule has 0 bridgehead atoms. The van der Waals surface area contributed by atoms with Crippen molar-refractivity contribution in [3.8, 4) is 0 Å². The van der Waals surface area contributed by atoms with Crippen molar-refractivity contribution in [1.82, 2.24) is 0 Å². The molecule has 0 amide bonds. The summed E-state index contributed by atoms with van der Waals surface area (Å²) in [5.41, 5.74) is 1.58. The molecular weight excluding hydrogens is 256 g/mol. The Labute approximate surface area is 131 Å². The number of rotatable bonds is 4. The van der Waals surface area contributed by atoms with E-state index in [0.29, 0.717) is 10.8 Å². The highest BCUT2D eigenvalue weighted by Gasteiger charge is 2.53. The summed E-state index contributed by atoms with van der Waals surface area (Å²) >= 11 is 0. The van der Waals surface area contributed by atoms with Crippen molar-refractivity contribution in [2.75, 3.05) is 0 Å². The number of hydrogen-bond acceptors (Lipinski definition) is 1. The van der Waals surface area contributed by atoms with E-state index in [2.05, 4.69) is 40.3 Å². The van der Waals surface area contributed by atoms with E-state index >= 15 is 0 Å². The summed E-state index contributed by atoms with van der Waals surface area (Å²) < 4.78 is 0. The van der Waals surface area contributed by atoms with Gasteiger partial charge < -0.3 is 5.11 Å². The van der Waals surface area contributed by atoms with Crippen LogP contribution in [0.1, 0.15) is 73.1 Å². The number of fused-ring (bicyclic) bond motifs is 1. The predicted octanol–water partition coefficient (Wildman–Crippen LogP) is 5.50. The fraction of sp³-hybridized carbons (Fsp3) is 0.800. The molecule has 0 heterocycles. The average molecular weight is 290 g/mol. The van der Waals surface area contributed by atoms with Crippen LogP contribution in [0.3, 0.4) is 0 Å². The van der Waals surface area contributed by atoms with Crippen LogP contribution < -0.4 is 0 Å². The summed E-state index contributed by atoms with van der Waals surface area (Å²) in [7, 11) is 0. The average Bonchev–Trinajstić information content (AvgIpc) is 2.44. The second kappa shape index (κ2) is 5.57. The van der Waals surface area contributed by atoms with Crippen LogP contribution in [0.25, 0.3) is 0 Å². The van der Waals surface area contributed by atoms with E-state index in [1.54, 1.807) is 11.6 Å². The first kappa shape index (κ1) is 16.8. The third-order valence-electron chi connectivity index (χ3n) is 7.20. The van der Waals surface area contributed by atoms with Gasteiger partial charge in [0.2, 0.25) is 0 Å². The van der Waals surface area contributed by atoms with Gasteiger partial charge in [-0.2, -0.15) is 0 Å². The molecule has 120 valence electrons. The molecule has 1 N–H and O–H groups in total. The minimum atomic E-state index is -0.726. The van der Waals surface area contributed by atoms with E-state index in [0.717, 1.165) is 24.7 Å². The van der Waals surface area contributed by atoms with Crippen LogP contribution in [0.2, 0.25) is 0 Å². The van der Waals surface area contributed by atoms with Crippen LogP contribution in [-0.2, 0) is 0 Å². The van der Waals surface area contributed by atoms with Crippen molar-refractivity contribution < 1.29 is 5.11 Å². The highest BCUT2D eigenvalue weighted by molar-refractivity contribution is 5.20. The first-order valence-corrected chi connectivity index (χ1v) is 8.69. The molecule has 0 aromatic carbocycles. The molecule has 0 aromatic heterocycles. The Morgan fingerprint density at radius 3 is 2.71 bits per heavy atom. The topological polar surface area (TPSA) is 20.2 Å². The Kier molecular flexibility index (Phi) is 4.46. The molecule has 0 saturated heterocycles. The van der Waals surface area contributed by atoms with Crippen molar-refractivity contribution in [1.29, 1.82) is 0 Å². The number of aliphatic hydroxyl groups is 1. The normalized spacial score (nSPS) is 42.7. The van der Waals surface area contributed by atoms with E-state index in [9.17, 15) is 5.11 Å². The second-order valence-corrected chi connectivity index (χ2v) is 8.44. The second-order valence-electron chi connectivity index (χ2n) is 8.44. The van der Waals surface area contributed by atoms with Gasteiger partial charge in [0.1, 0.15) is 0 Å². The standard InChI is InChI=1S/C20H34O/c1-7-18(4,21)13-14-20(6)16(3)11-12-19(5)15(2)9-8-10-17(19)20/h7,9,16-17,21H,1,8,10-14H2,2-6H3/t16-,17+,18+,19-,20+/m1/s1. The van der Waals surface area contributed by atoms with Crippen molar-refractivity contribution in [2.45, 2.75) is 78.7 Å². The smallest absolute Gasteiger partial charge is 0.0797 e. The van der Waals surface area contributed by atoms with Gasteiger partial charge in [0, 0.05) is 0 Å². The van der Waals surface area contributed by atoms with Gasteiger partial charge in [-0.15, -0.1) is 6.58 Å². The van der Waals surface area contributed by atoms with E-state index in [-0.39, 0.29) is 0 Å². The lowest BCUT2D eigenvalue weighted by Crippen LogP contribution is -2.50. The summed E-state index contributed by atoms with van der Waals surface area (Å²) in [4.78, 5) is 0. The predicted molar refractivity (Wildman–Crippen MR) is 91.1 cm³/mol. The van der Waals surface area contributed by atoms with Gasteiger partial charge in [-0.1, -0.05) is 38.5 Å². The SMILES string of the molecule is C=C[C@](C)(O)CC[C@@]1(C)[C@H](C)CC[C@]2(C)C(C)=CCC[C@H]12. The van der Waals surface area contributed by atoms with Crippen LogP contribution >= 0.6 is 0 Å². The molecule has 21 heavy (non-hydrogen) atoms. The maximum absolute atomic E-state index is 10.3. The Bertz CT molecular complexity index is 433. The van der Waals surface area contributed by atoms with Gasteiger partial charge >= 0.3 is 0 Å². The lowest BCUT2D eigenvalue weighted by Gasteiger charge is -2.58. The number of allylic oxidation sites excluding steroid dienone is 2. The van der Waals surface area contributed by atoms with E-state index in [1.807, 2.05) is 6.92 Å². The summed E-state index contributed by atoms with van der Waals surface area (Å²) in [5, 5.41) is 10.3. The Morgan fingerprint density at radius 1 is 1.43 bits per heavy atom. The van der Waals surface area contributed by atoms with Gasteiger partial charge in [-0.25, -0.2) is 0 Å². The maximum atomic E-state index is 10.3. The van der Waals surface area contributed by atoms with Crippen molar-refractivity contribution in [3.63, 3.8) is 0 Å². The largest absolute Gasteiger partial charge is 0.386 e. The van der Waals surface area contributed by atoms with Crippen molar-refractivity contribution in [2.24, 2.45) is 22.7 Å². The lowest BCUT2D eigenvalue weighted by atomic mass is 9.47. The lowest BCUT2D eigenvalue weighted by molar-refractivity contribution is -0.0582. The van der Waals surface area contributed by atoms with Gasteiger partial charge in [0.25, 0.3) is 0 Å². The van der Waals surface area contributed by atoms with E-state index in [4.69, 9.17) is 0 Å². The maximum Gasteiger partial charge on any atom is 0.0797 e. The van der Waals surface area contributed by atoms with Crippen LogP contribution in [0.5, 0.6) is 0 Å². The quantitative estimate of drug-likeness (QED) is 0.678. The molecule has 0 unspecified atom stereocenters. The minimum absolute atomic E-state index is 0.329. The fourth-order valence-corrected chi connectivity index (χ4v) is 4.96. The van der Waals surface area contributed by atoms with E-state index in [1.165, 1.54) is 25.7 Å². The molecule has 0 aliphatic heterocycles. The Hall–Kier alpha value is -0.560. The van der Waals surface area contributed by atoms with Crippen LogP contribution in [0, 0.1) is 22.7 Å². The molecule has 2 aliphatic carbocycles. The fourth-order valence-electron chi connectivity index (χ4n) is 4.96. The van der Waals surface area contributed by atoms with Crippen LogP contribution in [0.15, 0.2) is 24.3 Å². The molecular formula is C20H34O. The van der Waals surface area contributed by atoms with Crippen molar-refractivity contribution in [3.05, 3.63) is 24.3 Å². The Balaban J connectivity index is 2.27. The van der Waals surface area contributed by atoms with Crippen LogP contribution in [-0.4, -0.2) is 10.7 Å². The minimum Gasteiger partial charge on any atom is -0.386 e. The molecule has 0 radical (unpaired) electrons. The van der Waals surface area contributed by atoms with Gasteiger partial charge in [-0.3, -0.25) is 0 Å². The molecule has 2 aliphatic rings. The first-order chi connectivity index (χ1) is 9.66.